The summed E-state index contributed by atoms with van der Waals surface area (Å²) in [5, 5.41) is 0. The van der Waals surface area contributed by atoms with Gasteiger partial charge in [0, 0.05) is 18.6 Å². The van der Waals surface area contributed by atoms with E-state index in [-0.39, 0.29) is 17.0 Å². The molecule has 0 bridgehead atoms. The Morgan fingerprint density at radius 3 is 2.39 bits per heavy atom. The van der Waals surface area contributed by atoms with Gasteiger partial charge >= 0.3 is 0 Å². The summed E-state index contributed by atoms with van der Waals surface area (Å²) in [5.41, 5.74) is 2.77. The van der Waals surface area contributed by atoms with Gasteiger partial charge in [0.2, 0.25) is 0 Å². The largest absolute Gasteiger partial charge is 1.00 e. The Kier molecular flexibility index (Phi) is 6.66. The zero-order valence-corrected chi connectivity index (χ0v) is 12.4. The molecule has 0 saturated carbocycles. The van der Waals surface area contributed by atoms with Crippen molar-refractivity contribution in [2.24, 2.45) is 0 Å². The Hall–Kier alpha value is -1.15. The van der Waals surface area contributed by atoms with Crippen LogP contribution in [-0.2, 0) is 13.0 Å². The first kappa shape index (κ1) is 14.9. The van der Waals surface area contributed by atoms with E-state index in [0.717, 1.165) is 13.0 Å². The summed E-state index contributed by atoms with van der Waals surface area (Å²) >= 11 is 0. The molecule has 96 valence electrons. The molecule has 0 saturated heterocycles. The van der Waals surface area contributed by atoms with Crippen LogP contribution in [0.5, 0.6) is 0 Å². The zero-order chi connectivity index (χ0) is 11.9. The van der Waals surface area contributed by atoms with Crippen LogP contribution in [0, 0.1) is 0 Å². The van der Waals surface area contributed by atoms with Crippen LogP contribution in [0.4, 0.5) is 0 Å². The summed E-state index contributed by atoms with van der Waals surface area (Å²) in [6.45, 7) is 3.36. The number of hydrogen-bond donors (Lipinski definition) is 0. The minimum Gasteiger partial charge on any atom is -1.00 e. The van der Waals surface area contributed by atoms with E-state index in [1.807, 2.05) is 0 Å². The number of aryl methyl sites for hydroxylation is 1. The summed E-state index contributed by atoms with van der Waals surface area (Å²) in [7, 11) is 0. The summed E-state index contributed by atoms with van der Waals surface area (Å²) in [5.74, 6) is 0. The standard InChI is InChI=1S/C16H20N.BrH/c1-2-3-12-17-13-8-7-11-16(17)14-15-9-5-4-6-10-15;/h4-11,13H,2-3,12,14H2,1H3;1H/q+1;/p-1. The van der Waals surface area contributed by atoms with Crippen LogP contribution in [0.1, 0.15) is 31.0 Å². The minimum absolute atomic E-state index is 0. The Labute approximate surface area is 120 Å². The lowest BCUT2D eigenvalue weighted by Gasteiger charge is -2.03. The summed E-state index contributed by atoms with van der Waals surface area (Å²) in [6.07, 6.45) is 5.70. The molecule has 2 heteroatoms. The molecule has 0 amide bonds. The van der Waals surface area contributed by atoms with Gasteiger partial charge in [0.15, 0.2) is 11.9 Å². The maximum absolute atomic E-state index is 2.37. The van der Waals surface area contributed by atoms with Crippen LogP contribution >= 0.6 is 0 Å². The zero-order valence-electron chi connectivity index (χ0n) is 10.8. The van der Waals surface area contributed by atoms with Crippen molar-refractivity contribution in [1.82, 2.24) is 0 Å². The van der Waals surface area contributed by atoms with Crippen LogP contribution in [-0.4, -0.2) is 0 Å². The molecular weight excluding hydrogens is 286 g/mol. The number of pyridine rings is 1. The van der Waals surface area contributed by atoms with Gasteiger partial charge in [-0.2, -0.15) is 0 Å². The van der Waals surface area contributed by atoms with Crippen molar-refractivity contribution in [3.63, 3.8) is 0 Å². The van der Waals surface area contributed by atoms with E-state index in [1.165, 1.54) is 24.1 Å². The number of unbranched alkanes of at least 4 members (excludes halogenated alkanes) is 1. The SMILES string of the molecule is CCCC[n+]1ccccc1Cc1ccccc1.[Br-]. The van der Waals surface area contributed by atoms with E-state index >= 15 is 0 Å². The molecule has 2 aromatic rings. The van der Waals surface area contributed by atoms with Crippen LogP contribution in [0.25, 0.3) is 0 Å². The van der Waals surface area contributed by atoms with Crippen molar-refractivity contribution in [3.05, 3.63) is 66.0 Å². The summed E-state index contributed by atoms with van der Waals surface area (Å²) in [4.78, 5) is 0. The lowest BCUT2D eigenvalue weighted by atomic mass is 10.1. The van der Waals surface area contributed by atoms with Gasteiger partial charge in [-0.05, 0) is 5.56 Å². The molecule has 0 fully saturated rings. The first-order chi connectivity index (χ1) is 8.40. The van der Waals surface area contributed by atoms with Crippen LogP contribution in [0.2, 0.25) is 0 Å². The van der Waals surface area contributed by atoms with E-state index < -0.39 is 0 Å². The Morgan fingerprint density at radius 2 is 1.67 bits per heavy atom. The molecule has 1 nitrogen and oxygen atoms in total. The second-order valence-electron chi connectivity index (χ2n) is 4.40. The van der Waals surface area contributed by atoms with Crippen LogP contribution in [0.3, 0.4) is 0 Å². The minimum atomic E-state index is 0. The fourth-order valence-corrected chi connectivity index (χ4v) is 2.02. The molecule has 0 unspecified atom stereocenters. The van der Waals surface area contributed by atoms with E-state index in [4.69, 9.17) is 0 Å². The quantitative estimate of drug-likeness (QED) is 0.703. The van der Waals surface area contributed by atoms with Gasteiger partial charge in [0.1, 0.15) is 6.54 Å². The normalized spacial score (nSPS) is 9.83. The Balaban J connectivity index is 0.00000162. The molecule has 0 aliphatic rings. The lowest BCUT2D eigenvalue weighted by Crippen LogP contribution is -3.00. The first-order valence-electron chi connectivity index (χ1n) is 6.41. The predicted molar refractivity (Wildman–Crippen MR) is 70.8 cm³/mol. The van der Waals surface area contributed by atoms with Crippen LogP contribution in [0.15, 0.2) is 54.7 Å². The third-order valence-electron chi connectivity index (χ3n) is 3.02. The van der Waals surface area contributed by atoms with Gasteiger partial charge in [-0.3, -0.25) is 0 Å². The molecule has 0 aliphatic heterocycles. The van der Waals surface area contributed by atoms with Crippen molar-refractivity contribution in [2.75, 3.05) is 0 Å². The second kappa shape index (κ2) is 8.04. The van der Waals surface area contributed by atoms with E-state index in [2.05, 4.69) is 66.2 Å². The average molecular weight is 306 g/mol. The molecule has 2 rings (SSSR count). The smallest absolute Gasteiger partial charge is 0.185 e. The summed E-state index contributed by atoms with van der Waals surface area (Å²) < 4.78 is 2.37. The molecule has 0 radical (unpaired) electrons. The molecule has 0 atom stereocenters. The highest BCUT2D eigenvalue weighted by molar-refractivity contribution is 5.19. The monoisotopic (exact) mass is 305 g/mol. The third-order valence-corrected chi connectivity index (χ3v) is 3.02. The highest BCUT2D eigenvalue weighted by Crippen LogP contribution is 2.05. The van der Waals surface area contributed by atoms with Crippen molar-refractivity contribution >= 4 is 0 Å². The highest BCUT2D eigenvalue weighted by Gasteiger charge is 2.09. The molecule has 1 aromatic heterocycles. The van der Waals surface area contributed by atoms with Crippen molar-refractivity contribution in [3.8, 4) is 0 Å². The highest BCUT2D eigenvalue weighted by atomic mass is 79.9. The van der Waals surface area contributed by atoms with Crippen molar-refractivity contribution < 1.29 is 21.5 Å². The third kappa shape index (κ3) is 4.26. The lowest BCUT2D eigenvalue weighted by molar-refractivity contribution is -0.704. The summed E-state index contributed by atoms with van der Waals surface area (Å²) in [6, 6.07) is 17.1. The Bertz CT molecular complexity index is 454. The second-order valence-corrected chi connectivity index (χ2v) is 4.40. The molecule has 1 heterocycles. The van der Waals surface area contributed by atoms with E-state index in [0.29, 0.717) is 0 Å². The van der Waals surface area contributed by atoms with Gasteiger partial charge in [0.05, 0.1) is 6.42 Å². The van der Waals surface area contributed by atoms with Gasteiger partial charge in [-0.25, -0.2) is 4.57 Å². The number of aromatic nitrogens is 1. The van der Waals surface area contributed by atoms with Gasteiger partial charge in [0.25, 0.3) is 0 Å². The maximum Gasteiger partial charge on any atom is 0.185 e. The van der Waals surface area contributed by atoms with E-state index in [1.54, 1.807) is 0 Å². The Morgan fingerprint density at radius 1 is 0.944 bits per heavy atom. The van der Waals surface area contributed by atoms with Crippen molar-refractivity contribution in [2.45, 2.75) is 32.7 Å². The van der Waals surface area contributed by atoms with Gasteiger partial charge < -0.3 is 17.0 Å². The average Bonchev–Trinajstić information content (AvgIpc) is 2.39. The molecule has 0 spiro atoms. The number of rotatable bonds is 5. The fraction of sp³-hybridized carbons (Fsp3) is 0.312. The van der Waals surface area contributed by atoms with Crippen molar-refractivity contribution in [1.29, 1.82) is 0 Å². The molecule has 0 N–H and O–H groups in total. The number of benzene rings is 1. The first-order valence-corrected chi connectivity index (χ1v) is 6.41. The molecular formula is C16H20BrN. The fourth-order valence-electron chi connectivity index (χ4n) is 2.02. The molecule has 0 aliphatic carbocycles. The van der Waals surface area contributed by atoms with Gasteiger partial charge in [-0.15, -0.1) is 0 Å². The van der Waals surface area contributed by atoms with Crippen LogP contribution < -0.4 is 21.5 Å². The number of halogens is 1. The number of hydrogen-bond acceptors (Lipinski definition) is 0. The molecule has 1 aromatic carbocycles. The number of nitrogens with zero attached hydrogens (tertiary/aromatic N) is 1. The van der Waals surface area contributed by atoms with Gasteiger partial charge in [-0.1, -0.05) is 49.7 Å². The van der Waals surface area contributed by atoms with E-state index in [9.17, 15) is 0 Å². The predicted octanol–water partition coefficient (Wildman–Crippen LogP) is 0.369. The topological polar surface area (TPSA) is 3.88 Å². The maximum atomic E-state index is 2.37. The molecule has 18 heavy (non-hydrogen) atoms.